The molecule has 2 aliphatic rings. The van der Waals surface area contributed by atoms with Crippen LogP contribution in [-0.2, 0) is 16.6 Å². The maximum atomic E-state index is 14.0. The molecule has 0 spiro atoms. The molecule has 2 N–H and O–H groups in total. The SMILES string of the molecule is COc1ccccc1-c1ccc(CC(=O)C2NC[C@H]3C(O)CCC(c4ccccc4)(c4ccccc4)[C@@H]23)cc1. The highest BCUT2D eigenvalue weighted by atomic mass is 16.5. The molecule has 39 heavy (non-hydrogen) atoms. The summed E-state index contributed by atoms with van der Waals surface area (Å²) in [6.07, 6.45) is 1.46. The van der Waals surface area contributed by atoms with Gasteiger partial charge < -0.3 is 15.2 Å². The van der Waals surface area contributed by atoms with Gasteiger partial charge in [-0.15, -0.1) is 0 Å². The molecular formula is C35H35NO3. The van der Waals surface area contributed by atoms with Gasteiger partial charge in [0.25, 0.3) is 0 Å². The van der Waals surface area contributed by atoms with Crippen molar-refractivity contribution < 1.29 is 14.6 Å². The number of hydrogen-bond donors (Lipinski definition) is 2. The van der Waals surface area contributed by atoms with Gasteiger partial charge >= 0.3 is 0 Å². The Morgan fingerprint density at radius 3 is 2.13 bits per heavy atom. The van der Waals surface area contributed by atoms with Crippen LogP contribution in [0.4, 0.5) is 0 Å². The molecule has 4 nitrogen and oxygen atoms in total. The van der Waals surface area contributed by atoms with E-state index in [1.54, 1.807) is 7.11 Å². The summed E-state index contributed by atoms with van der Waals surface area (Å²) < 4.78 is 5.53. The fraction of sp³-hybridized carbons (Fsp3) is 0.286. The molecule has 4 aromatic carbocycles. The van der Waals surface area contributed by atoms with E-state index in [4.69, 9.17) is 4.74 Å². The molecule has 1 aliphatic heterocycles. The smallest absolute Gasteiger partial charge is 0.154 e. The summed E-state index contributed by atoms with van der Waals surface area (Å²) in [5, 5.41) is 14.7. The minimum Gasteiger partial charge on any atom is -0.496 e. The van der Waals surface area contributed by atoms with Crippen LogP contribution in [0.15, 0.2) is 109 Å². The Hall–Kier alpha value is -3.73. The maximum Gasteiger partial charge on any atom is 0.154 e. The average molecular weight is 518 g/mol. The molecule has 0 aromatic heterocycles. The molecule has 4 heteroatoms. The molecule has 2 unspecified atom stereocenters. The second kappa shape index (κ2) is 10.8. The molecule has 6 rings (SSSR count). The van der Waals surface area contributed by atoms with Crippen molar-refractivity contribution in [2.75, 3.05) is 13.7 Å². The van der Waals surface area contributed by atoms with E-state index in [2.05, 4.69) is 66.0 Å². The van der Waals surface area contributed by atoms with E-state index < -0.39 is 6.10 Å². The van der Waals surface area contributed by atoms with E-state index in [0.717, 1.165) is 35.3 Å². The van der Waals surface area contributed by atoms with Crippen molar-refractivity contribution in [3.8, 4) is 16.9 Å². The number of hydrogen-bond acceptors (Lipinski definition) is 4. The Balaban J connectivity index is 1.33. The largest absolute Gasteiger partial charge is 0.496 e. The van der Waals surface area contributed by atoms with Gasteiger partial charge in [-0.2, -0.15) is 0 Å². The first-order valence-corrected chi connectivity index (χ1v) is 13.9. The van der Waals surface area contributed by atoms with Crippen LogP contribution in [0, 0.1) is 11.8 Å². The van der Waals surface area contributed by atoms with Crippen molar-refractivity contribution in [2.24, 2.45) is 11.8 Å². The molecule has 1 heterocycles. The number of aliphatic hydroxyl groups excluding tert-OH is 1. The van der Waals surface area contributed by atoms with Crippen LogP contribution in [0.25, 0.3) is 11.1 Å². The predicted molar refractivity (Wildman–Crippen MR) is 155 cm³/mol. The molecule has 1 aliphatic carbocycles. The highest BCUT2D eigenvalue weighted by Gasteiger charge is 2.57. The summed E-state index contributed by atoms with van der Waals surface area (Å²) in [6.45, 7) is 0.649. The summed E-state index contributed by atoms with van der Waals surface area (Å²) in [5.74, 6) is 0.988. The number of ketones is 1. The van der Waals surface area contributed by atoms with Gasteiger partial charge in [0, 0.05) is 35.8 Å². The topological polar surface area (TPSA) is 58.6 Å². The molecule has 2 fully saturated rings. The Morgan fingerprint density at radius 2 is 1.49 bits per heavy atom. The molecule has 198 valence electrons. The third-order valence-corrected chi connectivity index (χ3v) is 8.97. The van der Waals surface area contributed by atoms with Gasteiger partial charge in [-0.05, 0) is 41.2 Å². The van der Waals surface area contributed by atoms with Crippen molar-refractivity contribution in [1.29, 1.82) is 0 Å². The number of carbonyl (C=O) groups is 1. The highest BCUT2D eigenvalue weighted by Crippen LogP contribution is 2.54. The lowest BCUT2D eigenvalue weighted by Gasteiger charge is -2.49. The standard InChI is InChI=1S/C35H35NO3/c1-39-32-15-9-8-14-28(32)25-18-16-24(17-19-25)22-31(38)34-33-29(23-36-34)30(37)20-21-35(33,26-10-4-2-5-11-26)27-12-6-3-7-13-27/h2-19,29-30,33-34,36-37H,20-23H2,1H3/t29-,30?,33+,34?/m0/s1. The molecule has 0 bridgehead atoms. The number of methoxy groups -OCH3 is 1. The fourth-order valence-electron chi connectivity index (χ4n) is 7.17. The number of aliphatic hydroxyl groups is 1. The number of fused-ring (bicyclic) bond motifs is 1. The first-order valence-electron chi connectivity index (χ1n) is 13.9. The maximum absolute atomic E-state index is 14.0. The Kier molecular flexibility index (Phi) is 7.07. The molecule has 1 saturated carbocycles. The third kappa shape index (κ3) is 4.58. The minimum atomic E-state index is -0.416. The monoisotopic (exact) mass is 517 g/mol. The van der Waals surface area contributed by atoms with Crippen molar-refractivity contribution in [1.82, 2.24) is 5.32 Å². The first kappa shape index (κ1) is 25.5. The van der Waals surface area contributed by atoms with Crippen LogP contribution in [0.1, 0.15) is 29.5 Å². The zero-order chi connectivity index (χ0) is 26.8. The number of nitrogens with one attached hydrogen (secondary N) is 1. The van der Waals surface area contributed by atoms with E-state index in [0.29, 0.717) is 13.0 Å². The van der Waals surface area contributed by atoms with E-state index in [9.17, 15) is 9.90 Å². The minimum absolute atomic E-state index is 0.0148. The van der Waals surface area contributed by atoms with Gasteiger partial charge in [0.1, 0.15) is 5.75 Å². The normalized spacial score (nSPS) is 23.6. The van der Waals surface area contributed by atoms with Crippen molar-refractivity contribution in [3.05, 3.63) is 126 Å². The third-order valence-electron chi connectivity index (χ3n) is 8.97. The highest BCUT2D eigenvalue weighted by molar-refractivity contribution is 5.87. The predicted octanol–water partition coefficient (Wildman–Crippen LogP) is 5.82. The van der Waals surface area contributed by atoms with Crippen molar-refractivity contribution >= 4 is 5.78 Å². The lowest BCUT2D eigenvalue weighted by Crippen LogP contribution is -2.53. The summed E-state index contributed by atoms with van der Waals surface area (Å²) in [7, 11) is 1.68. The molecule has 4 aromatic rings. The number of rotatable bonds is 7. The van der Waals surface area contributed by atoms with Gasteiger partial charge in [0.2, 0.25) is 0 Å². The quantitative estimate of drug-likeness (QED) is 0.324. The Bertz CT molecular complexity index is 1380. The first-order chi connectivity index (χ1) is 19.1. The van der Waals surface area contributed by atoms with Crippen LogP contribution in [0.2, 0.25) is 0 Å². The number of carbonyl (C=O) groups excluding carboxylic acids is 1. The zero-order valence-corrected chi connectivity index (χ0v) is 22.3. The van der Waals surface area contributed by atoms with Crippen molar-refractivity contribution in [3.63, 3.8) is 0 Å². The Morgan fingerprint density at radius 1 is 0.872 bits per heavy atom. The van der Waals surface area contributed by atoms with Crippen LogP contribution < -0.4 is 10.1 Å². The molecule has 1 saturated heterocycles. The van der Waals surface area contributed by atoms with E-state index in [-0.39, 0.29) is 29.1 Å². The van der Waals surface area contributed by atoms with Crippen LogP contribution in [0.3, 0.4) is 0 Å². The molecular weight excluding hydrogens is 482 g/mol. The average Bonchev–Trinajstić information content (AvgIpc) is 3.46. The van der Waals surface area contributed by atoms with E-state index in [1.807, 2.05) is 48.5 Å². The van der Waals surface area contributed by atoms with Gasteiger partial charge in [0.05, 0.1) is 19.3 Å². The zero-order valence-electron chi connectivity index (χ0n) is 22.3. The van der Waals surface area contributed by atoms with Gasteiger partial charge in [0.15, 0.2) is 5.78 Å². The number of para-hydroxylation sites is 1. The summed E-state index contributed by atoms with van der Waals surface area (Å²) in [6, 6.07) is 37.1. The van der Waals surface area contributed by atoms with Crippen LogP contribution in [-0.4, -0.2) is 36.7 Å². The van der Waals surface area contributed by atoms with Gasteiger partial charge in [-0.3, -0.25) is 4.79 Å². The number of ether oxygens (including phenoxy) is 1. The fourth-order valence-corrected chi connectivity index (χ4v) is 7.17. The van der Waals surface area contributed by atoms with Crippen molar-refractivity contribution in [2.45, 2.75) is 36.8 Å². The molecule has 0 amide bonds. The second-order valence-electron chi connectivity index (χ2n) is 10.9. The second-order valence-corrected chi connectivity index (χ2v) is 10.9. The van der Waals surface area contributed by atoms with Gasteiger partial charge in [-0.25, -0.2) is 0 Å². The van der Waals surface area contributed by atoms with E-state index in [1.165, 1.54) is 11.1 Å². The molecule has 0 radical (unpaired) electrons. The van der Waals surface area contributed by atoms with E-state index >= 15 is 0 Å². The Labute approximate surface area is 230 Å². The number of benzene rings is 4. The van der Waals surface area contributed by atoms with Gasteiger partial charge in [-0.1, -0.05) is 103 Å². The summed E-state index contributed by atoms with van der Waals surface area (Å²) >= 11 is 0. The lowest BCUT2D eigenvalue weighted by molar-refractivity contribution is -0.122. The lowest BCUT2D eigenvalue weighted by atomic mass is 9.54. The summed E-state index contributed by atoms with van der Waals surface area (Å²) in [4.78, 5) is 14.0. The summed E-state index contributed by atoms with van der Waals surface area (Å²) in [5.41, 5.74) is 5.19. The van der Waals surface area contributed by atoms with Crippen LogP contribution >= 0.6 is 0 Å². The van der Waals surface area contributed by atoms with Crippen LogP contribution in [0.5, 0.6) is 5.75 Å². The number of Topliss-reactive ketones (excluding diaryl/α,β-unsaturated/α-hetero) is 1. The molecule has 4 atom stereocenters.